The minimum Gasteiger partial charge on any atom is -0.497 e. The Balaban J connectivity index is 3.29. The van der Waals surface area contributed by atoms with Gasteiger partial charge in [0.25, 0.3) is 0 Å². The van der Waals surface area contributed by atoms with E-state index in [4.69, 9.17) is 15.3 Å². The lowest BCUT2D eigenvalue weighted by Crippen LogP contribution is -2.00. The van der Waals surface area contributed by atoms with Gasteiger partial charge in [0.1, 0.15) is 23.5 Å². The van der Waals surface area contributed by atoms with Crippen molar-refractivity contribution in [1.29, 1.82) is 10.5 Å². The van der Waals surface area contributed by atoms with Crippen molar-refractivity contribution in [2.75, 3.05) is 21.2 Å². The Labute approximate surface area is 113 Å². The highest BCUT2D eigenvalue weighted by Crippen LogP contribution is 2.22. The maximum Gasteiger partial charge on any atom is 0.137 e. The van der Waals surface area contributed by atoms with Gasteiger partial charge in [-0.15, -0.1) is 0 Å². The molecule has 0 aliphatic rings. The molecule has 0 atom stereocenters. The van der Waals surface area contributed by atoms with E-state index in [1.807, 2.05) is 43.3 Å². The second-order valence-electron chi connectivity index (χ2n) is 4.02. The second kappa shape index (κ2) is 6.88. The Hall–Kier alpha value is -2.72. The first-order valence-corrected chi connectivity index (χ1v) is 5.66. The first-order valence-electron chi connectivity index (χ1n) is 5.66. The van der Waals surface area contributed by atoms with E-state index in [0.717, 1.165) is 11.3 Å². The van der Waals surface area contributed by atoms with Crippen LogP contribution in [0.15, 0.2) is 42.1 Å². The van der Waals surface area contributed by atoms with Crippen molar-refractivity contribution in [3.63, 3.8) is 0 Å². The van der Waals surface area contributed by atoms with E-state index < -0.39 is 0 Å². The highest BCUT2D eigenvalue weighted by Gasteiger charge is 2.06. The van der Waals surface area contributed by atoms with Crippen LogP contribution >= 0.6 is 0 Å². The van der Waals surface area contributed by atoms with Crippen molar-refractivity contribution in [2.24, 2.45) is 0 Å². The zero-order chi connectivity index (χ0) is 14.3. The predicted octanol–water partition coefficient (Wildman–Crippen LogP) is 2.57. The van der Waals surface area contributed by atoms with E-state index in [1.165, 1.54) is 0 Å². The zero-order valence-electron chi connectivity index (χ0n) is 11.2. The fourth-order valence-corrected chi connectivity index (χ4v) is 1.46. The van der Waals surface area contributed by atoms with E-state index in [-0.39, 0.29) is 5.57 Å². The molecule has 0 bridgehead atoms. The number of nitriles is 2. The van der Waals surface area contributed by atoms with Crippen LogP contribution in [0.25, 0.3) is 5.57 Å². The molecule has 96 valence electrons. The van der Waals surface area contributed by atoms with Crippen molar-refractivity contribution in [2.45, 2.75) is 0 Å². The second-order valence-corrected chi connectivity index (χ2v) is 4.02. The number of hydrogen-bond acceptors (Lipinski definition) is 4. The molecule has 0 aromatic heterocycles. The van der Waals surface area contributed by atoms with Gasteiger partial charge in [-0.05, 0) is 30.0 Å². The van der Waals surface area contributed by atoms with Crippen molar-refractivity contribution >= 4 is 5.57 Å². The van der Waals surface area contributed by atoms with Crippen molar-refractivity contribution in [3.8, 4) is 17.9 Å². The van der Waals surface area contributed by atoms with Crippen LogP contribution in [-0.2, 0) is 0 Å². The summed E-state index contributed by atoms with van der Waals surface area (Å²) in [5, 5.41) is 18.0. The molecule has 4 nitrogen and oxygen atoms in total. The lowest BCUT2D eigenvalue weighted by atomic mass is 10.0. The Kier molecular flexibility index (Phi) is 5.19. The molecular weight excluding hydrogens is 238 g/mol. The van der Waals surface area contributed by atoms with Gasteiger partial charge in [-0.1, -0.05) is 12.1 Å². The van der Waals surface area contributed by atoms with Gasteiger partial charge in [-0.3, -0.25) is 0 Å². The normalized spacial score (nSPS) is 9.53. The Morgan fingerprint density at radius 3 is 2.16 bits per heavy atom. The molecule has 0 N–H and O–H groups in total. The summed E-state index contributed by atoms with van der Waals surface area (Å²) in [4.78, 5) is 1.84. The van der Waals surface area contributed by atoms with Gasteiger partial charge >= 0.3 is 0 Å². The number of hydrogen-bond donors (Lipinski definition) is 0. The number of ether oxygens (including phenoxy) is 1. The topological polar surface area (TPSA) is 60.0 Å². The van der Waals surface area contributed by atoms with Crippen LogP contribution in [0.3, 0.4) is 0 Å². The summed E-state index contributed by atoms with van der Waals surface area (Å²) in [5.74, 6) is 0.732. The average molecular weight is 253 g/mol. The molecule has 0 aliphatic heterocycles. The van der Waals surface area contributed by atoms with Crippen LogP contribution in [0.2, 0.25) is 0 Å². The van der Waals surface area contributed by atoms with Gasteiger partial charge in [-0.25, -0.2) is 0 Å². The predicted molar refractivity (Wildman–Crippen MR) is 74.0 cm³/mol. The number of allylic oxidation sites excluding steroid dienone is 3. The molecule has 0 fully saturated rings. The summed E-state index contributed by atoms with van der Waals surface area (Å²) in [6.45, 7) is 0. The molecule has 0 amide bonds. The molecule has 0 radical (unpaired) electrons. The van der Waals surface area contributed by atoms with Crippen LogP contribution in [-0.4, -0.2) is 26.1 Å². The number of benzene rings is 1. The summed E-state index contributed by atoms with van der Waals surface area (Å²) in [6, 6.07) is 11.1. The lowest BCUT2D eigenvalue weighted by molar-refractivity contribution is 0.415. The first-order chi connectivity index (χ1) is 9.12. The standard InChI is InChI=1S/C15H15N3O/c1-18(2)9-8-15(13(10-16)11-17)12-4-6-14(19-3)7-5-12/h4-9H,1-3H3. The molecule has 4 heteroatoms. The Morgan fingerprint density at radius 1 is 1.16 bits per heavy atom. The van der Waals surface area contributed by atoms with Crippen LogP contribution in [0.1, 0.15) is 5.56 Å². The summed E-state index contributed by atoms with van der Waals surface area (Å²) in [7, 11) is 5.34. The fraction of sp³-hybridized carbons (Fsp3) is 0.200. The largest absolute Gasteiger partial charge is 0.497 e. The average Bonchev–Trinajstić information content (AvgIpc) is 2.43. The molecule has 1 rings (SSSR count). The molecule has 0 heterocycles. The molecule has 19 heavy (non-hydrogen) atoms. The van der Waals surface area contributed by atoms with Gasteiger partial charge in [0.15, 0.2) is 0 Å². The van der Waals surface area contributed by atoms with E-state index in [0.29, 0.717) is 5.57 Å². The smallest absolute Gasteiger partial charge is 0.137 e. The molecular formula is C15H15N3O. The Bertz CT molecular complexity index is 553. The summed E-state index contributed by atoms with van der Waals surface area (Å²) >= 11 is 0. The minimum atomic E-state index is 0.0864. The summed E-state index contributed by atoms with van der Waals surface area (Å²) < 4.78 is 5.09. The molecule has 0 saturated heterocycles. The highest BCUT2D eigenvalue weighted by atomic mass is 16.5. The van der Waals surface area contributed by atoms with Crippen LogP contribution in [0.4, 0.5) is 0 Å². The summed E-state index contributed by atoms with van der Waals surface area (Å²) in [5.41, 5.74) is 1.49. The fourth-order valence-electron chi connectivity index (χ4n) is 1.46. The maximum absolute atomic E-state index is 9.02. The van der Waals surface area contributed by atoms with Crippen LogP contribution in [0, 0.1) is 22.7 Å². The SMILES string of the molecule is COc1ccc(C(C=CN(C)C)=C(C#N)C#N)cc1. The third-order valence-corrected chi connectivity index (χ3v) is 2.43. The molecule has 1 aromatic carbocycles. The number of rotatable bonds is 4. The van der Waals surface area contributed by atoms with E-state index >= 15 is 0 Å². The minimum absolute atomic E-state index is 0.0864. The monoisotopic (exact) mass is 253 g/mol. The van der Waals surface area contributed by atoms with E-state index in [2.05, 4.69) is 0 Å². The third kappa shape index (κ3) is 3.90. The molecule has 0 spiro atoms. The van der Waals surface area contributed by atoms with Gasteiger partial charge in [0, 0.05) is 19.7 Å². The zero-order valence-corrected chi connectivity index (χ0v) is 11.2. The third-order valence-electron chi connectivity index (χ3n) is 2.43. The van der Waals surface area contributed by atoms with Crippen LogP contribution in [0.5, 0.6) is 5.75 Å². The van der Waals surface area contributed by atoms with Crippen molar-refractivity contribution < 1.29 is 4.74 Å². The van der Waals surface area contributed by atoms with Crippen molar-refractivity contribution in [3.05, 3.63) is 47.7 Å². The highest BCUT2D eigenvalue weighted by molar-refractivity contribution is 5.82. The number of nitrogens with zero attached hydrogens (tertiary/aromatic N) is 3. The molecule has 0 saturated carbocycles. The maximum atomic E-state index is 9.02. The first kappa shape index (κ1) is 14.3. The van der Waals surface area contributed by atoms with Crippen LogP contribution < -0.4 is 4.74 Å². The molecule has 0 aliphatic carbocycles. The van der Waals surface area contributed by atoms with Gasteiger partial charge in [-0.2, -0.15) is 10.5 Å². The van der Waals surface area contributed by atoms with Crippen molar-refractivity contribution in [1.82, 2.24) is 4.90 Å². The van der Waals surface area contributed by atoms with Gasteiger partial charge in [0.2, 0.25) is 0 Å². The van der Waals surface area contributed by atoms with E-state index in [9.17, 15) is 0 Å². The quantitative estimate of drug-likeness (QED) is 0.611. The summed E-state index contributed by atoms with van der Waals surface area (Å²) in [6.07, 6.45) is 3.55. The molecule has 1 aromatic rings. The molecule has 0 unspecified atom stereocenters. The number of methoxy groups -OCH3 is 1. The van der Waals surface area contributed by atoms with E-state index in [1.54, 1.807) is 31.5 Å². The Morgan fingerprint density at radius 2 is 1.74 bits per heavy atom. The van der Waals surface area contributed by atoms with Gasteiger partial charge < -0.3 is 9.64 Å². The lowest BCUT2D eigenvalue weighted by Gasteiger charge is -2.07. The van der Waals surface area contributed by atoms with Gasteiger partial charge in [0.05, 0.1) is 7.11 Å².